The Morgan fingerprint density at radius 2 is 1.86 bits per heavy atom. The van der Waals surface area contributed by atoms with Gasteiger partial charge in [0.2, 0.25) is 0 Å². The smallest absolute Gasteiger partial charge is 0.0766 e. The van der Waals surface area contributed by atoms with Crippen LogP contribution in [-0.4, -0.2) is 36.4 Å². The Morgan fingerprint density at radius 1 is 1.29 bits per heavy atom. The fraction of sp³-hybridized carbons (Fsp3) is 0.647. The number of rotatable bonds is 5. The van der Waals surface area contributed by atoms with Crippen molar-refractivity contribution in [3.8, 4) is 0 Å². The zero-order chi connectivity index (χ0) is 15.5. The van der Waals surface area contributed by atoms with E-state index >= 15 is 0 Å². The van der Waals surface area contributed by atoms with E-state index in [1.165, 1.54) is 5.69 Å². The molecule has 1 saturated heterocycles. The quantitative estimate of drug-likeness (QED) is 0.876. The van der Waals surface area contributed by atoms with E-state index in [1.54, 1.807) is 0 Å². The van der Waals surface area contributed by atoms with Crippen molar-refractivity contribution >= 4 is 17.3 Å². The Hall–Kier alpha value is -0.770. The predicted octanol–water partition coefficient (Wildman–Crippen LogP) is 3.31. The summed E-state index contributed by atoms with van der Waals surface area (Å²) in [6, 6.07) is 8.56. The third kappa shape index (κ3) is 4.60. The van der Waals surface area contributed by atoms with Crippen LogP contribution in [0.25, 0.3) is 0 Å². The maximum absolute atomic E-state index is 10.3. The molecule has 3 nitrogen and oxygen atoms in total. The van der Waals surface area contributed by atoms with Crippen LogP contribution in [-0.2, 0) is 0 Å². The number of benzene rings is 1. The van der Waals surface area contributed by atoms with Gasteiger partial charge in [-0.15, -0.1) is 0 Å². The predicted molar refractivity (Wildman–Crippen MR) is 90.2 cm³/mol. The van der Waals surface area contributed by atoms with Gasteiger partial charge in [-0.25, -0.2) is 0 Å². The van der Waals surface area contributed by atoms with E-state index in [-0.39, 0.29) is 5.92 Å². The van der Waals surface area contributed by atoms with E-state index in [2.05, 4.69) is 36.2 Å². The molecule has 1 aromatic rings. The minimum Gasteiger partial charge on any atom is -0.389 e. The molecule has 1 aromatic carbocycles. The van der Waals surface area contributed by atoms with Gasteiger partial charge in [0.05, 0.1) is 5.60 Å². The molecule has 1 fully saturated rings. The second-order valence-electron chi connectivity index (χ2n) is 6.63. The average molecular weight is 311 g/mol. The molecule has 0 bridgehead atoms. The van der Waals surface area contributed by atoms with Crippen molar-refractivity contribution in [2.24, 2.45) is 5.92 Å². The van der Waals surface area contributed by atoms with Crippen LogP contribution in [0.3, 0.4) is 0 Å². The summed E-state index contributed by atoms with van der Waals surface area (Å²) in [5, 5.41) is 14.6. The van der Waals surface area contributed by atoms with Gasteiger partial charge >= 0.3 is 0 Å². The summed E-state index contributed by atoms with van der Waals surface area (Å²) in [7, 11) is 0. The number of anilines is 1. The number of halogens is 1. The fourth-order valence-corrected chi connectivity index (χ4v) is 2.67. The minimum absolute atomic E-state index is 0.263. The topological polar surface area (TPSA) is 35.5 Å². The van der Waals surface area contributed by atoms with Gasteiger partial charge in [-0.1, -0.05) is 25.4 Å². The molecule has 0 aliphatic carbocycles. The Labute approximate surface area is 133 Å². The molecule has 1 unspecified atom stereocenters. The Bertz CT molecular complexity index is 437. The van der Waals surface area contributed by atoms with Crippen LogP contribution in [0, 0.1) is 5.92 Å². The lowest BCUT2D eigenvalue weighted by molar-refractivity contribution is 0.0111. The van der Waals surface area contributed by atoms with E-state index in [4.69, 9.17) is 11.6 Å². The number of nitrogens with one attached hydrogen (secondary N) is 1. The second kappa shape index (κ2) is 6.99. The van der Waals surface area contributed by atoms with Gasteiger partial charge in [-0.2, -0.15) is 0 Å². The van der Waals surface area contributed by atoms with Crippen LogP contribution in [0.5, 0.6) is 0 Å². The summed E-state index contributed by atoms with van der Waals surface area (Å²) in [5.74, 6) is 0.263. The molecule has 0 saturated carbocycles. The molecular formula is C17H27ClN2O. The van der Waals surface area contributed by atoms with E-state index < -0.39 is 5.60 Å². The van der Waals surface area contributed by atoms with E-state index in [0.717, 1.165) is 31.0 Å². The van der Waals surface area contributed by atoms with Crippen LogP contribution in [0.15, 0.2) is 24.3 Å². The molecule has 0 spiro atoms. The normalized spacial score (nSPS) is 19.8. The minimum atomic E-state index is -0.632. The van der Waals surface area contributed by atoms with Gasteiger partial charge in [0.25, 0.3) is 0 Å². The number of hydrogen-bond acceptors (Lipinski definition) is 3. The summed E-state index contributed by atoms with van der Waals surface area (Å²) in [6.45, 7) is 8.78. The van der Waals surface area contributed by atoms with Gasteiger partial charge in [0, 0.05) is 36.4 Å². The van der Waals surface area contributed by atoms with Crippen molar-refractivity contribution in [1.29, 1.82) is 0 Å². The molecule has 0 aromatic heterocycles. The van der Waals surface area contributed by atoms with Crippen molar-refractivity contribution < 1.29 is 5.11 Å². The Balaban J connectivity index is 1.79. The lowest BCUT2D eigenvalue weighted by Gasteiger charge is -2.36. The zero-order valence-electron chi connectivity index (χ0n) is 13.3. The van der Waals surface area contributed by atoms with Crippen molar-refractivity contribution in [2.45, 2.75) is 45.3 Å². The Kier molecular flexibility index (Phi) is 5.53. The van der Waals surface area contributed by atoms with Gasteiger partial charge in [0.1, 0.15) is 0 Å². The molecule has 1 heterocycles. The molecule has 0 radical (unpaired) electrons. The first-order chi connectivity index (χ1) is 9.88. The first-order valence-electron chi connectivity index (χ1n) is 7.85. The summed E-state index contributed by atoms with van der Waals surface area (Å²) in [5.41, 5.74) is 0.611. The second-order valence-corrected chi connectivity index (χ2v) is 7.07. The average Bonchev–Trinajstić information content (AvgIpc) is 2.46. The largest absolute Gasteiger partial charge is 0.389 e. The number of aliphatic hydroxyl groups is 1. The van der Waals surface area contributed by atoms with E-state index in [1.807, 2.05) is 19.1 Å². The Morgan fingerprint density at radius 3 is 2.38 bits per heavy atom. The van der Waals surface area contributed by atoms with Gasteiger partial charge in [-0.05, 0) is 49.9 Å². The lowest BCUT2D eigenvalue weighted by atomic mass is 9.92. The van der Waals surface area contributed by atoms with Gasteiger partial charge in [-0.3, -0.25) is 0 Å². The molecule has 1 aliphatic heterocycles. The van der Waals surface area contributed by atoms with Crippen molar-refractivity contribution in [1.82, 2.24) is 5.32 Å². The summed E-state index contributed by atoms with van der Waals surface area (Å²) in [6.07, 6.45) is 2.22. The standard InChI is InChI=1S/C17H27ClN2O/c1-13(2)17(3,21)12-19-15-8-10-20(11-9-15)16-6-4-14(18)5-7-16/h4-7,13,15,19,21H,8-12H2,1-3H3. The maximum atomic E-state index is 10.3. The third-order valence-corrected chi connectivity index (χ3v) is 4.93. The molecule has 118 valence electrons. The SMILES string of the molecule is CC(C)C(C)(O)CNC1CCN(c2ccc(Cl)cc2)CC1. The number of hydrogen-bond donors (Lipinski definition) is 2. The van der Waals surface area contributed by atoms with Crippen LogP contribution in [0.4, 0.5) is 5.69 Å². The van der Waals surface area contributed by atoms with E-state index in [0.29, 0.717) is 12.6 Å². The van der Waals surface area contributed by atoms with Crippen LogP contribution < -0.4 is 10.2 Å². The highest BCUT2D eigenvalue weighted by Crippen LogP contribution is 2.22. The molecule has 2 N–H and O–H groups in total. The van der Waals surface area contributed by atoms with Crippen molar-refractivity contribution in [3.63, 3.8) is 0 Å². The highest BCUT2D eigenvalue weighted by atomic mass is 35.5. The summed E-state index contributed by atoms with van der Waals surface area (Å²) >= 11 is 5.93. The monoisotopic (exact) mass is 310 g/mol. The lowest BCUT2D eigenvalue weighted by Crippen LogP contribution is -2.49. The molecule has 0 amide bonds. The number of piperidine rings is 1. The maximum Gasteiger partial charge on any atom is 0.0766 e. The first-order valence-corrected chi connectivity index (χ1v) is 8.22. The van der Waals surface area contributed by atoms with Crippen LogP contribution in [0.2, 0.25) is 5.02 Å². The van der Waals surface area contributed by atoms with Gasteiger partial charge < -0.3 is 15.3 Å². The molecule has 2 rings (SSSR count). The van der Waals surface area contributed by atoms with E-state index in [9.17, 15) is 5.11 Å². The highest BCUT2D eigenvalue weighted by molar-refractivity contribution is 6.30. The van der Waals surface area contributed by atoms with Crippen molar-refractivity contribution in [2.75, 3.05) is 24.5 Å². The number of nitrogens with zero attached hydrogens (tertiary/aromatic N) is 1. The molecule has 4 heteroatoms. The third-order valence-electron chi connectivity index (χ3n) is 4.68. The zero-order valence-corrected chi connectivity index (χ0v) is 14.0. The summed E-state index contributed by atoms with van der Waals surface area (Å²) in [4.78, 5) is 2.40. The fourth-order valence-electron chi connectivity index (χ4n) is 2.55. The first kappa shape index (κ1) is 16.6. The molecule has 1 aliphatic rings. The van der Waals surface area contributed by atoms with Crippen molar-refractivity contribution in [3.05, 3.63) is 29.3 Å². The highest BCUT2D eigenvalue weighted by Gasteiger charge is 2.27. The molecule has 1 atom stereocenters. The van der Waals surface area contributed by atoms with Gasteiger partial charge in [0.15, 0.2) is 0 Å². The van der Waals surface area contributed by atoms with Crippen LogP contribution in [0.1, 0.15) is 33.6 Å². The van der Waals surface area contributed by atoms with Crippen LogP contribution >= 0.6 is 11.6 Å². The summed E-state index contributed by atoms with van der Waals surface area (Å²) < 4.78 is 0. The molecular weight excluding hydrogens is 284 g/mol. The molecule has 21 heavy (non-hydrogen) atoms.